The molecule has 0 spiro atoms. The van der Waals surface area contributed by atoms with E-state index in [-0.39, 0.29) is 24.2 Å². The zero-order valence-electron chi connectivity index (χ0n) is 12.2. The van der Waals surface area contributed by atoms with Gasteiger partial charge in [-0.05, 0) is 23.8 Å². The van der Waals surface area contributed by atoms with Crippen LogP contribution in [0.3, 0.4) is 0 Å². The maximum atomic E-state index is 12.2. The molecule has 2 rings (SSSR count). The number of hydrogen-bond acceptors (Lipinski definition) is 3. The molecule has 1 N–H and O–H groups in total. The van der Waals surface area contributed by atoms with Gasteiger partial charge in [0.1, 0.15) is 6.61 Å². The summed E-state index contributed by atoms with van der Waals surface area (Å²) in [6.07, 6.45) is 1.25. The van der Waals surface area contributed by atoms with Crippen molar-refractivity contribution in [3.05, 3.63) is 35.9 Å². The molecule has 4 heteroatoms. The Kier molecular flexibility index (Phi) is 4.65. The predicted octanol–water partition coefficient (Wildman–Crippen LogP) is 2.81. The molecule has 0 unspecified atom stereocenters. The van der Waals surface area contributed by atoms with Gasteiger partial charge in [-0.15, -0.1) is 0 Å². The van der Waals surface area contributed by atoms with Crippen molar-refractivity contribution in [1.82, 2.24) is 4.90 Å². The van der Waals surface area contributed by atoms with Gasteiger partial charge in [-0.3, -0.25) is 0 Å². The lowest BCUT2D eigenvalue weighted by atomic mass is 9.90. The minimum atomic E-state index is -0.280. The molecule has 1 heterocycles. The van der Waals surface area contributed by atoms with Crippen LogP contribution in [-0.2, 0) is 11.3 Å². The van der Waals surface area contributed by atoms with Gasteiger partial charge in [0.15, 0.2) is 0 Å². The summed E-state index contributed by atoms with van der Waals surface area (Å²) in [7, 11) is 0. The number of likely N-dealkylation sites (tertiary alicyclic amines) is 1. The van der Waals surface area contributed by atoms with E-state index >= 15 is 0 Å². The fraction of sp³-hybridized carbons (Fsp3) is 0.562. The van der Waals surface area contributed by atoms with E-state index in [1.807, 2.05) is 30.3 Å². The fourth-order valence-corrected chi connectivity index (χ4v) is 2.83. The molecule has 0 bridgehead atoms. The Labute approximate surface area is 120 Å². The van der Waals surface area contributed by atoms with Gasteiger partial charge in [0, 0.05) is 19.2 Å². The number of carbonyl (C=O) groups is 1. The Hall–Kier alpha value is -1.55. The molecular weight excluding hydrogens is 254 g/mol. The molecule has 0 radical (unpaired) electrons. The standard InChI is InChI=1S/C16H23NO3/c1-16(2)10-14(8-9-18)17(12-16)15(19)20-11-13-6-4-3-5-7-13/h3-7,14,18H,8-12H2,1-2H3/t14-/m0/s1. The number of nitrogens with zero attached hydrogens (tertiary/aromatic N) is 1. The molecule has 1 aliphatic rings. The van der Waals surface area contributed by atoms with Crippen molar-refractivity contribution in [1.29, 1.82) is 0 Å². The van der Waals surface area contributed by atoms with Gasteiger partial charge < -0.3 is 14.7 Å². The quantitative estimate of drug-likeness (QED) is 0.920. The first-order valence-corrected chi connectivity index (χ1v) is 7.10. The molecule has 1 aromatic carbocycles. The molecule has 1 aliphatic heterocycles. The summed E-state index contributed by atoms with van der Waals surface area (Å²) in [5, 5.41) is 9.13. The van der Waals surface area contributed by atoms with E-state index < -0.39 is 0 Å². The van der Waals surface area contributed by atoms with E-state index in [1.165, 1.54) is 0 Å². The highest BCUT2D eigenvalue weighted by molar-refractivity contribution is 5.68. The number of ether oxygens (including phenoxy) is 1. The Bertz CT molecular complexity index is 444. The van der Waals surface area contributed by atoms with Gasteiger partial charge in [-0.25, -0.2) is 4.79 Å². The number of rotatable bonds is 4. The van der Waals surface area contributed by atoms with Crippen LogP contribution in [0.4, 0.5) is 4.79 Å². The van der Waals surface area contributed by atoms with Crippen LogP contribution >= 0.6 is 0 Å². The van der Waals surface area contributed by atoms with Gasteiger partial charge in [0.05, 0.1) is 0 Å². The average Bonchev–Trinajstić information content (AvgIpc) is 2.73. The lowest BCUT2D eigenvalue weighted by molar-refractivity contribution is 0.0857. The molecule has 1 saturated heterocycles. The fourth-order valence-electron chi connectivity index (χ4n) is 2.83. The summed E-state index contributed by atoms with van der Waals surface area (Å²) in [4.78, 5) is 14.0. The second-order valence-electron chi connectivity index (χ2n) is 6.20. The molecule has 0 saturated carbocycles. The normalized spacial score (nSPS) is 20.9. The van der Waals surface area contributed by atoms with E-state index in [1.54, 1.807) is 4.90 Å². The third kappa shape index (κ3) is 3.73. The summed E-state index contributed by atoms with van der Waals surface area (Å²) >= 11 is 0. The topological polar surface area (TPSA) is 49.8 Å². The van der Waals surface area contributed by atoms with E-state index in [9.17, 15) is 4.79 Å². The van der Waals surface area contributed by atoms with Crippen molar-refractivity contribution in [3.63, 3.8) is 0 Å². The van der Waals surface area contributed by atoms with Gasteiger partial charge >= 0.3 is 6.09 Å². The van der Waals surface area contributed by atoms with Crippen molar-refractivity contribution in [2.24, 2.45) is 5.41 Å². The van der Waals surface area contributed by atoms with Crippen LogP contribution in [0.15, 0.2) is 30.3 Å². The first kappa shape index (κ1) is 14.9. The molecule has 1 aromatic rings. The lowest BCUT2D eigenvalue weighted by Crippen LogP contribution is -2.37. The predicted molar refractivity (Wildman–Crippen MR) is 77.2 cm³/mol. The van der Waals surface area contributed by atoms with Gasteiger partial charge in [-0.2, -0.15) is 0 Å². The van der Waals surface area contributed by atoms with Gasteiger partial charge in [0.2, 0.25) is 0 Å². The highest BCUT2D eigenvalue weighted by atomic mass is 16.6. The van der Waals surface area contributed by atoms with Crippen LogP contribution in [0.5, 0.6) is 0 Å². The number of aliphatic hydroxyl groups is 1. The van der Waals surface area contributed by atoms with E-state index in [2.05, 4.69) is 13.8 Å². The SMILES string of the molecule is CC1(C)C[C@H](CCO)N(C(=O)OCc2ccccc2)C1. The molecule has 4 nitrogen and oxygen atoms in total. The summed E-state index contributed by atoms with van der Waals surface area (Å²) in [6, 6.07) is 9.75. The first-order chi connectivity index (χ1) is 9.52. The van der Waals surface area contributed by atoms with E-state index in [0.717, 1.165) is 12.0 Å². The molecule has 0 aliphatic carbocycles. The third-order valence-electron chi connectivity index (χ3n) is 3.73. The number of carbonyl (C=O) groups excluding carboxylic acids is 1. The van der Waals surface area contributed by atoms with Crippen LogP contribution in [0, 0.1) is 5.41 Å². The number of aliphatic hydroxyl groups excluding tert-OH is 1. The third-order valence-corrected chi connectivity index (χ3v) is 3.73. The summed E-state index contributed by atoms with van der Waals surface area (Å²) in [6.45, 7) is 5.36. The maximum Gasteiger partial charge on any atom is 0.410 e. The van der Waals surface area contributed by atoms with Crippen molar-refractivity contribution in [2.75, 3.05) is 13.2 Å². The molecule has 1 atom stereocenters. The summed E-state index contributed by atoms with van der Waals surface area (Å²) in [5.74, 6) is 0. The summed E-state index contributed by atoms with van der Waals surface area (Å²) in [5.41, 5.74) is 1.07. The lowest BCUT2D eigenvalue weighted by Gasteiger charge is -2.23. The molecule has 20 heavy (non-hydrogen) atoms. The average molecular weight is 277 g/mol. The first-order valence-electron chi connectivity index (χ1n) is 7.10. The Morgan fingerprint density at radius 1 is 1.40 bits per heavy atom. The zero-order chi connectivity index (χ0) is 14.6. The van der Waals surface area contributed by atoms with Crippen LogP contribution in [-0.4, -0.2) is 35.3 Å². The van der Waals surface area contributed by atoms with Crippen molar-refractivity contribution in [3.8, 4) is 0 Å². The Morgan fingerprint density at radius 2 is 2.10 bits per heavy atom. The highest BCUT2D eigenvalue weighted by Gasteiger charge is 2.40. The minimum absolute atomic E-state index is 0.0817. The molecule has 0 aromatic heterocycles. The molecule has 110 valence electrons. The Balaban J connectivity index is 1.93. The Morgan fingerprint density at radius 3 is 2.75 bits per heavy atom. The van der Waals surface area contributed by atoms with Crippen LogP contribution in [0.25, 0.3) is 0 Å². The zero-order valence-corrected chi connectivity index (χ0v) is 12.2. The van der Waals surface area contributed by atoms with Crippen molar-refractivity contribution < 1.29 is 14.6 Å². The van der Waals surface area contributed by atoms with Crippen LogP contribution in [0.2, 0.25) is 0 Å². The van der Waals surface area contributed by atoms with E-state index in [4.69, 9.17) is 9.84 Å². The monoisotopic (exact) mass is 277 g/mol. The molecular formula is C16H23NO3. The second-order valence-corrected chi connectivity index (χ2v) is 6.20. The smallest absolute Gasteiger partial charge is 0.410 e. The second kappa shape index (κ2) is 6.27. The highest BCUT2D eigenvalue weighted by Crippen LogP contribution is 2.35. The minimum Gasteiger partial charge on any atom is -0.445 e. The van der Waals surface area contributed by atoms with Gasteiger partial charge in [-0.1, -0.05) is 44.2 Å². The van der Waals surface area contributed by atoms with Crippen molar-refractivity contribution >= 4 is 6.09 Å². The number of hydrogen-bond donors (Lipinski definition) is 1. The molecule has 1 amide bonds. The van der Waals surface area contributed by atoms with Crippen LogP contribution < -0.4 is 0 Å². The number of benzene rings is 1. The maximum absolute atomic E-state index is 12.2. The van der Waals surface area contributed by atoms with Crippen molar-refractivity contribution in [2.45, 2.75) is 39.3 Å². The summed E-state index contributed by atoms with van der Waals surface area (Å²) < 4.78 is 5.39. The molecule has 1 fully saturated rings. The van der Waals surface area contributed by atoms with Crippen LogP contribution in [0.1, 0.15) is 32.3 Å². The number of amides is 1. The van der Waals surface area contributed by atoms with E-state index in [0.29, 0.717) is 19.6 Å². The van der Waals surface area contributed by atoms with Gasteiger partial charge in [0.25, 0.3) is 0 Å². The largest absolute Gasteiger partial charge is 0.445 e.